The van der Waals surface area contributed by atoms with Crippen LogP contribution in [0.25, 0.3) is 0 Å². The fourth-order valence-electron chi connectivity index (χ4n) is 2.85. The van der Waals surface area contributed by atoms with Gasteiger partial charge in [-0.05, 0) is 60.0 Å². The minimum atomic E-state index is -0.352. The van der Waals surface area contributed by atoms with Crippen LogP contribution < -0.4 is 19.6 Å². The Morgan fingerprint density at radius 3 is 2.66 bits per heavy atom. The van der Waals surface area contributed by atoms with Crippen molar-refractivity contribution in [3.8, 4) is 17.2 Å². The van der Waals surface area contributed by atoms with Crippen LogP contribution in [-0.2, 0) is 6.61 Å². The second kappa shape index (κ2) is 11.8. The molecule has 0 unspecified atom stereocenters. The lowest BCUT2D eigenvalue weighted by Gasteiger charge is -2.11. The highest BCUT2D eigenvalue weighted by Crippen LogP contribution is 2.28. The van der Waals surface area contributed by atoms with Gasteiger partial charge in [0.15, 0.2) is 11.5 Å². The summed E-state index contributed by atoms with van der Waals surface area (Å²) in [5.74, 6) is 1.44. The maximum atomic E-state index is 12.4. The topological polar surface area (TPSA) is 69.2 Å². The van der Waals surface area contributed by atoms with Crippen LogP contribution in [0.15, 0.2) is 71.8 Å². The Labute approximate surface area is 192 Å². The molecule has 1 amide bonds. The Morgan fingerprint density at radius 1 is 1.03 bits per heavy atom. The van der Waals surface area contributed by atoms with E-state index in [4.69, 9.17) is 25.8 Å². The number of nitrogens with one attached hydrogen (secondary N) is 1. The quantitative estimate of drug-likeness (QED) is 0.326. The van der Waals surface area contributed by atoms with Crippen molar-refractivity contribution in [3.63, 3.8) is 0 Å². The summed E-state index contributed by atoms with van der Waals surface area (Å²) in [6.07, 6.45) is 2.44. The number of amides is 1. The number of halogens is 1. The second-order valence-electron chi connectivity index (χ2n) is 6.90. The second-order valence-corrected chi connectivity index (χ2v) is 7.34. The van der Waals surface area contributed by atoms with Crippen molar-refractivity contribution in [1.82, 2.24) is 5.43 Å². The van der Waals surface area contributed by atoms with Gasteiger partial charge < -0.3 is 14.2 Å². The lowest BCUT2D eigenvalue weighted by atomic mass is 10.2. The zero-order valence-electron chi connectivity index (χ0n) is 18.0. The maximum absolute atomic E-state index is 12.4. The molecular weight excluding hydrogens is 428 g/mol. The standard InChI is InChI=1S/C25H25ClN2O4/c1-3-12-31-23-11-10-20(15-24(23)30-2)25(29)28-27-16-18-6-5-9-22(14-18)32-17-19-7-4-8-21(26)13-19/h4-11,13-16H,3,12,17H2,1-2H3,(H,28,29)/b27-16+. The fraction of sp³-hybridized carbons (Fsp3) is 0.200. The normalized spacial score (nSPS) is 10.7. The van der Waals surface area contributed by atoms with Crippen molar-refractivity contribution in [1.29, 1.82) is 0 Å². The van der Waals surface area contributed by atoms with Gasteiger partial charge >= 0.3 is 0 Å². The number of carbonyl (C=O) groups is 1. The summed E-state index contributed by atoms with van der Waals surface area (Å²) in [5, 5.41) is 4.72. The fourth-order valence-corrected chi connectivity index (χ4v) is 3.06. The summed E-state index contributed by atoms with van der Waals surface area (Å²) >= 11 is 6.00. The lowest BCUT2D eigenvalue weighted by Crippen LogP contribution is -2.17. The molecule has 0 aliphatic rings. The van der Waals surface area contributed by atoms with Crippen LogP contribution in [0.5, 0.6) is 17.2 Å². The summed E-state index contributed by atoms with van der Waals surface area (Å²) in [4.78, 5) is 12.4. The van der Waals surface area contributed by atoms with Crippen molar-refractivity contribution in [2.45, 2.75) is 20.0 Å². The predicted molar refractivity (Wildman–Crippen MR) is 126 cm³/mol. The van der Waals surface area contributed by atoms with Gasteiger partial charge in [0.05, 0.1) is 19.9 Å². The highest BCUT2D eigenvalue weighted by molar-refractivity contribution is 6.30. The number of benzene rings is 3. The van der Waals surface area contributed by atoms with E-state index >= 15 is 0 Å². The first-order valence-electron chi connectivity index (χ1n) is 10.2. The number of rotatable bonds is 10. The summed E-state index contributed by atoms with van der Waals surface area (Å²) in [6.45, 7) is 3.00. The number of ether oxygens (including phenoxy) is 3. The number of methoxy groups -OCH3 is 1. The molecule has 6 nitrogen and oxygen atoms in total. The number of nitrogens with zero attached hydrogens (tertiary/aromatic N) is 1. The van der Waals surface area contributed by atoms with Gasteiger partial charge in [-0.1, -0.05) is 42.8 Å². The summed E-state index contributed by atoms with van der Waals surface area (Å²) in [5.41, 5.74) is 4.71. The first-order chi connectivity index (χ1) is 15.6. The van der Waals surface area contributed by atoms with Crippen LogP contribution in [0.2, 0.25) is 5.02 Å². The molecule has 0 saturated heterocycles. The van der Waals surface area contributed by atoms with Gasteiger partial charge in [-0.2, -0.15) is 5.10 Å². The Kier molecular flexibility index (Phi) is 8.52. The van der Waals surface area contributed by atoms with Crippen molar-refractivity contribution in [2.75, 3.05) is 13.7 Å². The molecular formula is C25H25ClN2O4. The summed E-state index contributed by atoms with van der Waals surface area (Å²) in [6, 6.07) is 19.9. The van der Waals surface area contributed by atoms with Gasteiger partial charge in [0, 0.05) is 10.6 Å². The molecule has 0 radical (unpaired) electrons. The van der Waals surface area contributed by atoms with E-state index < -0.39 is 0 Å². The molecule has 3 aromatic rings. The first kappa shape index (κ1) is 23.2. The summed E-state index contributed by atoms with van der Waals surface area (Å²) in [7, 11) is 1.54. The van der Waals surface area contributed by atoms with E-state index in [2.05, 4.69) is 10.5 Å². The van der Waals surface area contributed by atoms with Gasteiger partial charge in [0.1, 0.15) is 12.4 Å². The van der Waals surface area contributed by atoms with Crippen LogP contribution in [0.3, 0.4) is 0 Å². The Hall–Kier alpha value is -3.51. The molecule has 7 heteroatoms. The van der Waals surface area contributed by atoms with Crippen LogP contribution in [0.1, 0.15) is 34.8 Å². The first-order valence-corrected chi connectivity index (χ1v) is 10.6. The molecule has 0 aromatic heterocycles. The highest BCUT2D eigenvalue weighted by atomic mass is 35.5. The third-order valence-electron chi connectivity index (χ3n) is 4.42. The van der Waals surface area contributed by atoms with E-state index in [0.29, 0.717) is 41.0 Å². The van der Waals surface area contributed by atoms with Gasteiger partial charge in [0.25, 0.3) is 5.91 Å². The highest BCUT2D eigenvalue weighted by Gasteiger charge is 2.10. The van der Waals surface area contributed by atoms with Crippen LogP contribution >= 0.6 is 11.6 Å². The van der Waals surface area contributed by atoms with Gasteiger partial charge in [-0.3, -0.25) is 4.79 Å². The van der Waals surface area contributed by atoms with E-state index in [0.717, 1.165) is 17.5 Å². The minimum absolute atomic E-state index is 0.352. The van der Waals surface area contributed by atoms with Crippen molar-refractivity contribution in [3.05, 3.63) is 88.4 Å². The number of hydrazone groups is 1. The molecule has 0 spiro atoms. The third kappa shape index (κ3) is 6.75. The van der Waals surface area contributed by atoms with Crippen molar-refractivity contribution >= 4 is 23.7 Å². The Bertz CT molecular complexity index is 1090. The zero-order valence-corrected chi connectivity index (χ0v) is 18.8. The molecule has 0 aliphatic carbocycles. The molecule has 3 aromatic carbocycles. The van der Waals surface area contributed by atoms with E-state index in [1.165, 1.54) is 7.11 Å². The Morgan fingerprint density at radius 2 is 1.88 bits per heavy atom. The minimum Gasteiger partial charge on any atom is -0.493 e. The van der Waals surface area contributed by atoms with Gasteiger partial charge in [-0.15, -0.1) is 0 Å². The maximum Gasteiger partial charge on any atom is 0.271 e. The van der Waals surface area contributed by atoms with Crippen LogP contribution in [0, 0.1) is 0 Å². The van der Waals surface area contributed by atoms with Gasteiger partial charge in [0.2, 0.25) is 0 Å². The molecule has 32 heavy (non-hydrogen) atoms. The molecule has 0 heterocycles. The molecule has 166 valence electrons. The number of carbonyl (C=O) groups excluding carboxylic acids is 1. The smallest absolute Gasteiger partial charge is 0.271 e. The molecule has 0 fully saturated rings. The number of hydrogen-bond donors (Lipinski definition) is 1. The molecule has 0 bridgehead atoms. The summed E-state index contributed by atoms with van der Waals surface area (Å²) < 4.78 is 16.7. The average Bonchev–Trinajstić information content (AvgIpc) is 2.81. The molecule has 0 aliphatic heterocycles. The zero-order chi connectivity index (χ0) is 22.8. The van der Waals surface area contributed by atoms with Gasteiger partial charge in [-0.25, -0.2) is 5.43 Å². The lowest BCUT2D eigenvalue weighted by molar-refractivity contribution is 0.0954. The van der Waals surface area contributed by atoms with Crippen LogP contribution in [0.4, 0.5) is 0 Å². The largest absolute Gasteiger partial charge is 0.493 e. The number of hydrogen-bond acceptors (Lipinski definition) is 5. The Balaban J connectivity index is 1.58. The molecule has 3 rings (SSSR count). The van der Waals surface area contributed by atoms with Crippen molar-refractivity contribution < 1.29 is 19.0 Å². The third-order valence-corrected chi connectivity index (χ3v) is 4.65. The van der Waals surface area contributed by atoms with E-state index in [-0.39, 0.29) is 5.91 Å². The van der Waals surface area contributed by atoms with E-state index in [9.17, 15) is 4.79 Å². The van der Waals surface area contributed by atoms with Crippen molar-refractivity contribution in [2.24, 2.45) is 5.10 Å². The van der Waals surface area contributed by atoms with Crippen LogP contribution in [-0.4, -0.2) is 25.8 Å². The predicted octanol–water partition coefficient (Wildman–Crippen LogP) is 5.48. The average molecular weight is 453 g/mol. The molecule has 0 saturated carbocycles. The molecule has 1 N–H and O–H groups in total. The SMILES string of the molecule is CCCOc1ccc(C(=O)N/N=C/c2cccc(OCc3cccc(Cl)c3)c2)cc1OC. The van der Waals surface area contributed by atoms with E-state index in [1.807, 2.05) is 55.5 Å². The molecule has 0 atom stereocenters. The monoisotopic (exact) mass is 452 g/mol. The van der Waals surface area contributed by atoms with E-state index in [1.54, 1.807) is 24.4 Å².